The van der Waals surface area contributed by atoms with Gasteiger partial charge in [0.15, 0.2) is 0 Å². The Morgan fingerprint density at radius 3 is 3.00 bits per heavy atom. The lowest BCUT2D eigenvalue weighted by molar-refractivity contribution is -0.138. The Kier molecular flexibility index (Phi) is 3.64. The molecular weight excluding hydrogens is 182 g/mol. The third-order valence-corrected chi connectivity index (χ3v) is 2.08. The number of carboxylic acid groups (broad SMARTS) is 1. The van der Waals surface area contributed by atoms with Crippen LogP contribution in [0.15, 0.2) is 12.4 Å². The van der Waals surface area contributed by atoms with Crippen LogP contribution in [0.25, 0.3) is 0 Å². The maximum atomic E-state index is 10.4. The van der Waals surface area contributed by atoms with E-state index in [1.807, 2.05) is 13.1 Å². The second kappa shape index (κ2) is 4.76. The molecule has 0 radical (unpaired) electrons. The van der Waals surface area contributed by atoms with E-state index in [1.165, 1.54) is 0 Å². The number of rotatable bonds is 5. The van der Waals surface area contributed by atoms with Crippen molar-refractivity contribution in [3.05, 3.63) is 18.0 Å². The molecule has 0 aliphatic carbocycles. The van der Waals surface area contributed by atoms with Crippen LogP contribution in [0.3, 0.4) is 0 Å². The number of nitrogens with two attached hydrogens (primary N) is 1. The van der Waals surface area contributed by atoms with E-state index < -0.39 is 12.0 Å². The maximum absolute atomic E-state index is 10.4. The van der Waals surface area contributed by atoms with Gasteiger partial charge >= 0.3 is 5.97 Å². The average Bonchev–Trinajstić information content (AvgIpc) is 2.61. The van der Waals surface area contributed by atoms with Crippen LogP contribution in [0.4, 0.5) is 0 Å². The number of aromatic nitrogens is 2. The summed E-state index contributed by atoms with van der Waals surface area (Å²) in [6.45, 7) is 2.60. The lowest BCUT2D eigenvalue weighted by atomic mass is 10.2. The molecular formula is C9H15N3O2. The van der Waals surface area contributed by atoms with Crippen molar-refractivity contribution in [2.45, 2.75) is 32.4 Å². The van der Waals surface area contributed by atoms with Crippen molar-refractivity contribution >= 4 is 5.97 Å². The predicted molar refractivity (Wildman–Crippen MR) is 51.8 cm³/mol. The summed E-state index contributed by atoms with van der Waals surface area (Å²) < 4.78 is 1.72. The molecule has 5 nitrogen and oxygen atoms in total. The number of aliphatic carboxylic acids is 1. The Labute approximate surface area is 82.5 Å². The monoisotopic (exact) mass is 197 g/mol. The van der Waals surface area contributed by atoms with Gasteiger partial charge in [-0.25, -0.2) is 0 Å². The molecule has 1 aromatic rings. The van der Waals surface area contributed by atoms with E-state index >= 15 is 0 Å². The highest BCUT2D eigenvalue weighted by atomic mass is 16.4. The summed E-state index contributed by atoms with van der Waals surface area (Å²) in [7, 11) is 0. The number of aryl methyl sites for hydroxylation is 2. The molecule has 1 heterocycles. The first-order valence-electron chi connectivity index (χ1n) is 4.63. The zero-order chi connectivity index (χ0) is 10.6. The lowest BCUT2D eigenvalue weighted by Gasteiger charge is -2.05. The second-order valence-corrected chi connectivity index (χ2v) is 3.20. The Morgan fingerprint density at radius 1 is 1.79 bits per heavy atom. The molecule has 1 aromatic heterocycles. The van der Waals surface area contributed by atoms with Crippen LogP contribution < -0.4 is 5.73 Å². The fourth-order valence-electron chi connectivity index (χ4n) is 1.11. The van der Waals surface area contributed by atoms with E-state index in [0.29, 0.717) is 13.0 Å². The Bertz CT molecular complexity index is 309. The molecule has 0 aliphatic heterocycles. The van der Waals surface area contributed by atoms with E-state index in [0.717, 1.165) is 12.0 Å². The molecule has 0 saturated heterocycles. The summed E-state index contributed by atoms with van der Waals surface area (Å²) >= 11 is 0. The number of carbonyl (C=O) groups is 1. The largest absolute Gasteiger partial charge is 0.480 e. The first-order chi connectivity index (χ1) is 6.63. The van der Waals surface area contributed by atoms with Gasteiger partial charge in [-0.2, -0.15) is 5.10 Å². The van der Waals surface area contributed by atoms with Gasteiger partial charge in [0.25, 0.3) is 0 Å². The highest BCUT2D eigenvalue weighted by Gasteiger charge is 2.10. The van der Waals surface area contributed by atoms with E-state index in [4.69, 9.17) is 10.8 Å². The zero-order valence-electron chi connectivity index (χ0n) is 8.18. The number of hydrogen-bond donors (Lipinski definition) is 2. The van der Waals surface area contributed by atoms with Crippen LogP contribution in [0.5, 0.6) is 0 Å². The predicted octanol–water partition coefficient (Wildman–Crippen LogP) is 0.247. The third kappa shape index (κ3) is 2.85. The molecule has 0 fully saturated rings. The van der Waals surface area contributed by atoms with Crippen LogP contribution in [0.2, 0.25) is 0 Å². The van der Waals surface area contributed by atoms with Crippen LogP contribution >= 0.6 is 0 Å². The zero-order valence-corrected chi connectivity index (χ0v) is 8.18. The Hall–Kier alpha value is -1.36. The van der Waals surface area contributed by atoms with Gasteiger partial charge < -0.3 is 10.8 Å². The van der Waals surface area contributed by atoms with E-state index in [2.05, 4.69) is 5.10 Å². The van der Waals surface area contributed by atoms with Crippen molar-refractivity contribution < 1.29 is 9.90 Å². The number of carboxylic acids is 1. The second-order valence-electron chi connectivity index (χ2n) is 3.20. The standard InChI is InChI=1S/C9H15N3O2/c1-2-7-5-11-12(6-7)4-3-8(10)9(13)14/h5-6,8H,2-4,10H2,1H3,(H,13,14). The molecule has 0 bridgehead atoms. The molecule has 1 rings (SSSR count). The molecule has 0 amide bonds. The van der Waals surface area contributed by atoms with Crippen molar-refractivity contribution in [1.29, 1.82) is 0 Å². The molecule has 0 aliphatic rings. The van der Waals surface area contributed by atoms with Gasteiger partial charge in [0.1, 0.15) is 6.04 Å². The summed E-state index contributed by atoms with van der Waals surface area (Å²) in [5.41, 5.74) is 6.51. The van der Waals surface area contributed by atoms with E-state index in [1.54, 1.807) is 10.9 Å². The molecule has 0 spiro atoms. The Morgan fingerprint density at radius 2 is 2.50 bits per heavy atom. The van der Waals surface area contributed by atoms with E-state index in [-0.39, 0.29) is 0 Å². The third-order valence-electron chi connectivity index (χ3n) is 2.08. The fourth-order valence-corrected chi connectivity index (χ4v) is 1.11. The topological polar surface area (TPSA) is 81.1 Å². The van der Waals surface area contributed by atoms with Gasteiger partial charge in [0.2, 0.25) is 0 Å². The summed E-state index contributed by atoms with van der Waals surface area (Å²) in [5.74, 6) is -0.965. The molecule has 0 aromatic carbocycles. The summed E-state index contributed by atoms with van der Waals surface area (Å²) in [4.78, 5) is 10.4. The number of nitrogens with zero attached hydrogens (tertiary/aromatic N) is 2. The normalized spacial score (nSPS) is 12.7. The summed E-state index contributed by atoms with van der Waals surface area (Å²) in [6.07, 6.45) is 5.03. The van der Waals surface area contributed by atoms with Gasteiger partial charge in [0, 0.05) is 12.7 Å². The minimum absolute atomic E-state index is 0.403. The van der Waals surface area contributed by atoms with Crippen LogP contribution in [0, 0.1) is 0 Å². The smallest absolute Gasteiger partial charge is 0.320 e. The minimum atomic E-state index is -0.965. The highest BCUT2D eigenvalue weighted by Crippen LogP contribution is 2.00. The van der Waals surface area contributed by atoms with Crippen LogP contribution in [-0.2, 0) is 17.8 Å². The SMILES string of the molecule is CCc1cnn(CCC(N)C(=O)O)c1. The number of hydrogen-bond acceptors (Lipinski definition) is 3. The quantitative estimate of drug-likeness (QED) is 0.708. The first-order valence-corrected chi connectivity index (χ1v) is 4.63. The first kappa shape index (κ1) is 10.7. The van der Waals surface area contributed by atoms with Crippen LogP contribution in [0.1, 0.15) is 18.9 Å². The minimum Gasteiger partial charge on any atom is -0.480 e. The molecule has 78 valence electrons. The van der Waals surface area contributed by atoms with Crippen molar-refractivity contribution in [2.24, 2.45) is 5.73 Å². The molecule has 3 N–H and O–H groups in total. The van der Waals surface area contributed by atoms with Gasteiger partial charge in [-0.1, -0.05) is 6.92 Å². The Balaban J connectivity index is 2.41. The van der Waals surface area contributed by atoms with Gasteiger partial charge in [0.05, 0.1) is 6.20 Å². The van der Waals surface area contributed by atoms with Crippen molar-refractivity contribution in [2.75, 3.05) is 0 Å². The van der Waals surface area contributed by atoms with Gasteiger partial charge in [-0.05, 0) is 18.4 Å². The maximum Gasteiger partial charge on any atom is 0.320 e. The van der Waals surface area contributed by atoms with Gasteiger partial charge in [-0.3, -0.25) is 9.48 Å². The summed E-state index contributed by atoms with van der Waals surface area (Å²) in [5, 5.41) is 12.6. The average molecular weight is 197 g/mol. The van der Waals surface area contributed by atoms with Gasteiger partial charge in [-0.15, -0.1) is 0 Å². The molecule has 1 atom stereocenters. The molecule has 14 heavy (non-hydrogen) atoms. The fraction of sp³-hybridized carbons (Fsp3) is 0.556. The highest BCUT2D eigenvalue weighted by molar-refractivity contribution is 5.72. The van der Waals surface area contributed by atoms with Crippen molar-refractivity contribution in [3.8, 4) is 0 Å². The molecule has 1 unspecified atom stereocenters. The molecule has 0 saturated carbocycles. The summed E-state index contributed by atoms with van der Waals surface area (Å²) in [6, 6.07) is -0.802. The van der Waals surface area contributed by atoms with Crippen LogP contribution in [-0.4, -0.2) is 26.9 Å². The van der Waals surface area contributed by atoms with Crippen molar-refractivity contribution in [3.63, 3.8) is 0 Å². The van der Waals surface area contributed by atoms with Crippen molar-refractivity contribution in [1.82, 2.24) is 9.78 Å². The molecule has 5 heteroatoms. The lowest BCUT2D eigenvalue weighted by Crippen LogP contribution is -2.31. The van der Waals surface area contributed by atoms with E-state index in [9.17, 15) is 4.79 Å².